The van der Waals surface area contributed by atoms with E-state index in [0.29, 0.717) is 5.56 Å². The highest BCUT2D eigenvalue weighted by Crippen LogP contribution is 2.23. The fraction of sp³-hybridized carbons (Fsp3) is 0.227. The number of Topliss-reactive ketones (excluding diaryl/α,β-unsaturated/α-hetero) is 1. The predicted octanol–water partition coefficient (Wildman–Crippen LogP) is 2.00. The van der Waals surface area contributed by atoms with Gasteiger partial charge in [-0.25, -0.2) is 9.97 Å². The maximum absolute atomic E-state index is 12.9. The van der Waals surface area contributed by atoms with Crippen LogP contribution in [0.25, 0.3) is 22.2 Å². The number of carbonyl (C=O) groups excluding carboxylic acids is 1. The van der Waals surface area contributed by atoms with Gasteiger partial charge in [0.25, 0.3) is 0 Å². The van der Waals surface area contributed by atoms with Crippen molar-refractivity contribution in [2.24, 2.45) is 12.8 Å². The van der Waals surface area contributed by atoms with Gasteiger partial charge in [-0.05, 0) is 29.7 Å². The van der Waals surface area contributed by atoms with Crippen LogP contribution in [-0.4, -0.2) is 49.4 Å². The summed E-state index contributed by atoms with van der Waals surface area (Å²) < 4.78 is 1.92. The zero-order chi connectivity index (χ0) is 20.7. The second kappa shape index (κ2) is 7.31. The van der Waals surface area contributed by atoms with Crippen molar-refractivity contribution in [3.63, 3.8) is 0 Å². The minimum absolute atomic E-state index is 0.0104. The van der Waals surface area contributed by atoms with E-state index in [4.69, 9.17) is 5.73 Å². The van der Waals surface area contributed by atoms with E-state index in [9.17, 15) is 4.79 Å². The molecule has 0 atom stereocenters. The molecule has 1 aliphatic rings. The monoisotopic (exact) mass is 399 g/mol. The third-order valence-electron chi connectivity index (χ3n) is 5.38. The van der Waals surface area contributed by atoms with Gasteiger partial charge in [0.2, 0.25) is 0 Å². The average Bonchev–Trinajstić information content (AvgIpc) is 3.17. The molecule has 1 fully saturated rings. The Kier molecular flexibility index (Phi) is 4.48. The number of carbonyl (C=O) groups is 1. The van der Waals surface area contributed by atoms with Crippen molar-refractivity contribution < 1.29 is 4.79 Å². The molecule has 0 amide bonds. The highest BCUT2D eigenvalue weighted by molar-refractivity contribution is 5.98. The standard InChI is InChI=1S/C22H21N7O/c1-28-13-24-10-20(28)19-5-15-4-18(26-8-16(15)9-27-19)7-21(30)14-2-3-25-22(6-14)29-11-17(23)12-29/h2-6,8-10,13,17H,7,11-12,23H2,1H3. The minimum atomic E-state index is 0.0104. The Balaban J connectivity index is 1.39. The van der Waals surface area contributed by atoms with Gasteiger partial charge in [-0.15, -0.1) is 0 Å². The van der Waals surface area contributed by atoms with Gasteiger partial charge in [0.15, 0.2) is 5.78 Å². The van der Waals surface area contributed by atoms with Crippen LogP contribution in [0.3, 0.4) is 0 Å². The lowest BCUT2D eigenvalue weighted by atomic mass is 10.0. The number of nitrogens with zero attached hydrogens (tertiary/aromatic N) is 6. The maximum Gasteiger partial charge on any atom is 0.169 e. The van der Waals surface area contributed by atoms with Crippen molar-refractivity contribution in [1.82, 2.24) is 24.5 Å². The number of ketones is 1. The molecule has 4 aromatic rings. The van der Waals surface area contributed by atoms with Gasteiger partial charge in [-0.2, -0.15) is 0 Å². The predicted molar refractivity (Wildman–Crippen MR) is 114 cm³/mol. The Morgan fingerprint density at radius 1 is 1.10 bits per heavy atom. The van der Waals surface area contributed by atoms with Gasteiger partial charge >= 0.3 is 0 Å². The average molecular weight is 399 g/mol. The summed E-state index contributed by atoms with van der Waals surface area (Å²) >= 11 is 0. The highest BCUT2D eigenvalue weighted by atomic mass is 16.1. The van der Waals surface area contributed by atoms with Crippen LogP contribution in [0.4, 0.5) is 5.82 Å². The fourth-order valence-electron chi connectivity index (χ4n) is 3.66. The molecule has 150 valence electrons. The summed E-state index contributed by atoms with van der Waals surface area (Å²) in [5.41, 5.74) is 8.96. The van der Waals surface area contributed by atoms with Gasteiger partial charge in [-0.1, -0.05) is 0 Å². The zero-order valence-electron chi connectivity index (χ0n) is 16.6. The first kappa shape index (κ1) is 18.4. The summed E-state index contributed by atoms with van der Waals surface area (Å²) in [4.78, 5) is 32.4. The molecule has 8 heteroatoms. The molecule has 0 radical (unpaired) electrons. The second-order valence-corrected chi connectivity index (χ2v) is 7.65. The van der Waals surface area contributed by atoms with Crippen molar-refractivity contribution in [2.45, 2.75) is 12.5 Å². The third kappa shape index (κ3) is 3.42. The van der Waals surface area contributed by atoms with E-state index in [1.165, 1.54) is 0 Å². The largest absolute Gasteiger partial charge is 0.353 e. The van der Waals surface area contributed by atoms with Crippen molar-refractivity contribution >= 4 is 22.4 Å². The van der Waals surface area contributed by atoms with Crippen LogP contribution in [0.5, 0.6) is 0 Å². The molecule has 0 bridgehead atoms. The second-order valence-electron chi connectivity index (χ2n) is 7.65. The number of anilines is 1. The molecule has 0 saturated carbocycles. The lowest BCUT2D eigenvalue weighted by molar-refractivity contribution is 0.0992. The molecular weight excluding hydrogens is 378 g/mol. The highest BCUT2D eigenvalue weighted by Gasteiger charge is 2.24. The number of hydrogen-bond donors (Lipinski definition) is 1. The molecule has 1 saturated heterocycles. The topological polar surface area (TPSA) is 103 Å². The number of aryl methyl sites for hydroxylation is 1. The first-order valence-corrected chi connectivity index (χ1v) is 9.78. The van der Waals surface area contributed by atoms with E-state index in [-0.39, 0.29) is 18.2 Å². The Morgan fingerprint density at radius 2 is 1.93 bits per heavy atom. The molecule has 0 aliphatic carbocycles. The normalized spacial score (nSPS) is 14.1. The van der Waals surface area contributed by atoms with Gasteiger partial charge in [-0.3, -0.25) is 14.8 Å². The van der Waals surface area contributed by atoms with E-state index < -0.39 is 0 Å². The number of fused-ring (bicyclic) bond motifs is 1. The Bertz CT molecular complexity index is 1240. The summed E-state index contributed by atoms with van der Waals surface area (Å²) in [5.74, 6) is 0.803. The first-order valence-electron chi connectivity index (χ1n) is 9.78. The summed E-state index contributed by atoms with van der Waals surface area (Å²) in [6.07, 6.45) is 8.98. The Labute approximate surface area is 173 Å². The van der Waals surface area contributed by atoms with Crippen LogP contribution in [0.1, 0.15) is 16.1 Å². The van der Waals surface area contributed by atoms with E-state index in [2.05, 4.69) is 24.8 Å². The zero-order valence-corrected chi connectivity index (χ0v) is 16.6. The van der Waals surface area contributed by atoms with Crippen LogP contribution in [0.2, 0.25) is 0 Å². The number of pyridine rings is 3. The smallest absolute Gasteiger partial charge is 0.169 e. The maximum atomic E-state index is 12.9. The molecule has 5 heterocycles. The van der Waals surface area contributed by atoms with Crippen molar-refractivity contribution in [2.75, 3.05) is 18.0 Å². The number of rotatable bonds is 5. The van der Waals surface area contributed by atoms with E-state index in [1.807, 2.05) is 29.8 Å². The number of aromatic nitrogens is 5. The molecule has 2 N–H and O–H groups in total. The van der Waals surface area contributed by atoms with Crippen molar-refractivity contribution in [3.05, 3.63) is 66.6 Å². The number of hydrogen-bond acceptors (Lipinski definition) is 7. The molecule has 8 nitrogen and oxygen atoms in total. The van der Waals surface area contributed by atoms with Crippen LogP contribution in [-0.2, 0) is 13.5 Å². The number of imidazole rings is 1. The minimum Gasteiger partial charge on any atom is -0.353 e. The molecule has 0 aromatic carbocycles. The summed E-state index contributed by atoms with van der Waals surface area (Å²) in [7, 11) is 1.93. The van der Waals surface area contributed by atoms with Crippen molar-refractivity contribution in [1.29, 1.82) is 0 Å². The molecule has 5 rings (SSSR count). The molecule has 1 aliphatic heterocycles. The van der Waals surface area contributed by atoms with Crippen molar-refractivity contribution in [3.8, 4) is 11.4 Å². The SMILES string of the molecule is Cn1cncc1-c1cc2cc(CC(=O)c3ccnc(N4CC(N)C4)c3)ncc2cn1. The van der Waals surface area contributed by atoms with E-state index in [1.54, 1.807) is 37.2 Å². The third-order valence-corrected chi connectivity index (χ3v) is 5.38. The lowest BCUT2D eigenvalue weighted by Gasteiger charge is -2.37. The van der Waals surface area contributed by atoms with Gasteiger partial charge < -0.3 is 15.2 Å². The quantitative estimate of drug-likeness (QED) is 0.512. The van der Waals surface area contributed by atoms with Gasteiger partial charge in [0, 0.05) is 61.4 Å². The number of nitrogens with two attached hydrogens (primary N) is 1. The Hall–Kier alpha value is -3.65. The molecule has 0 unspecified atom stereocenters. The van der Waals surface area contributed by atoms with Crippen LogP contribution < -0.4 is 10.6 Å². The molecular formula is C22H21N7O. The van der Waals surface area contributed by atoms with Crippen LogP contribution in [0, 0.1) is 0 Å². The Morgan fingerprint density at radius 3 is 2.70 bits per heavy atom. The van der Waals surface area contributed by atoms with Crippen LogP contribution in [0.15, 0.2) is 55.4 Å². The summed E-state index contributed by atoms with van der Waals surface area (Å²) in [6.45, 7) is 1.54. The lowest BCUT2D eigenvalue weighted by Crippen LogP contribution is -2.56. The van der Waals surface area contributed by atoms with Crippen LogP contribution >= 0.6 is 0 Å². The fourth-order valence-corrected chi connectivity index (χ4v) is 3.66. The van der Waals surface area contributed by atoms with E-state index in [0.717, 1.165) is 46.8 Å². The molecule has 4 aromatic heterocycles. The summed E-state index contributed by atoms with van der Waals surface area (Å²) in [6, 6.07) is 7.71. The molecule has 0 spiro atoms. The van der Waals surface area contributed by atoms with Gasteiger partial charge in [0.05, 0.1) is 30.3 Å². The first-order chi connectivity index (χ1) is 14.6. The van der Waals surface area contributed by atoms with Gasteiger partial charge in [0.1, 0.15) is 5.82 Å². The summed E-state index contributed by atoms with van der Waals surface area (Å²) in [5, 5.41) is 1.92. The van der Waals surface area contributed by atoms with E-state index >= 15 is 0 Å². The molecule has 30 heavy (non-hydrogen) atoms.